The second-order valence-electron chi connectivity index (χ2n) is 4.55. The van der Waals surface area contributed by atoms with Crippen LogP contribution < -0.4 is 10.1 Å². The monoisotopic (exact) mass is 291 g/mol. The molecule has 0 bridgehead atoms. The van der Waals surface area contributed by atoms with Gasteiger partial charge in [0.1, 0.15) is 17.4 Å². The predicted octanol–water partition coefficient (Wildman–Crippen LogP) is 3.54. The van der Waals surface area contributed by atoms with E-state index in [4.69, 9.17) is 4.74 Å². The Morgan fingerprint density at radius 3 is 2.29 bits per heavy atom. The van der Waals surface area contributed by atoms with E-state index >= 15 is 0 Å². The molecule has 2 aromatic carbocycles. The van der Waals surface area contributed by atoms with Crippen molar-refractivity contribution in [3.63, 3.8) is 0 Å². The van der Waals surface area contributed by atoms with Crippen molar-refractivity contribution in [2.45, 2.75) is 12.8 Å². The van der Waals surface area contributed by atoms with Crippen molar-refractivity contribution in [1.82, 2.24) is 0 Å². The molecule has 0 atom stereocenters. The summed E-state index contributed by atoms with van der Waals surface area (Å²) < 4.78 is 31.0. The van der Waals surface area contributed by atoms with Crippen LogP contribution in [0.5, 0.6) is 5.75 Å². The van der Waals surface area contributed by atoms with E-state index in [0.29, 0.717) is 6.42 Å². The summed E-state index contributed by atoms with van der Waals surface area (Å²) >= 11 is 0. The van der Waals surface area contributed by atoms with Crippen LogP contribution in [0, 0.1) is 11.6 Å². The molecule has 0 saturated heterocycles. The van der Waals surface area contributed by atoms with E-state index in [9.17, 15) is 13.6 Å². The number of methoxy groups -OCH3 is 1. The maximum Gasteiger partial charge on any atom is 0.224 e. The number of ether oxygens (including phenoxy) is 1. The quantitative estimate of drug-likeness (QED) is 0.915. The molecule has 0 aromatic heterocycles. The van der Waals surface area contributed by atoms with Gasteiger partial charge in [-0.3, -0.25) is 4.79 Å². The molecule has 0 saturated carbocycles. The average molecular weight is 291 g/mol. The molecule has 0 fully saturated rings. The number of hydrogen-bond donors (Lipinski definition) is 1. The van der Waals surface area contributed by atoms with Crippen molar-refractivity contribution in [3.05, 3.63) is 59.7 Å². The minimum atomic E-state index is -0.722. The molecule has 1 amide bonds. The molecule has 110 valence electrons. The number of nitrogens with one attached hydrogen (secondary N) is 1. The Morgan fingerprint density at radius 1 is 1.10 bits per heavy atom. The molecule has 0 unspecified atom stereocenters. The standard InChI is InChI=1S/C16H15F2NO2/c1-21-15-5-2-11(3-6-15)4-7-16(20)19-14-9-12(17)8-13(18)10-14/h2-3,5-6,8-10H,4,7H2,1H3,(H,19,20). The lowest BCUT2D eigenvalue weighted by Gasteiger charge is -2.06. The molecule has 0 aliphatic carbocycles. The number of amides is 1. The highest BCUT2D eigenvalue weighted by Gasteiger charge is 2.06. The molecule has 1 N–H and O–H groups in total. The smallest absolute Gasteiger partial charge is 0.224 e. The van der Waals surface area contributed by atoms with E-state index in [1.165, 1.54) is 0 Å². The zero-order valence-electron chi connectivity index (χ0n) is 11.5. The molecule has 0 heterocycles. The van der Waals surface area contributed by atoms with Crippen LogP contribution in [0.25, 0.3) is 0 Å². The second-order valence-corrected chi connectivity index (χ2v) is 4.55. The number of aryl methyl sites for hydroxylation is 1. The van der Waals surface area contributed by atoms with E-state index in [2.05, 4.69) is 5.32 Å². The van der Waals surface area contributed by atoms with Gasteiger partial charge in [0.05, 0.1) is 7.11 Å². The fourth-order valence-electron chi connectivity index (χ4n) is 1.90. The first-order valence-corrected chi connectivity index (χ1v) is 6.45. The van der Waals surface area contributed by atoms with Crippen molar-refractivity contribution >= 4 is 11.6 Å². The van der Waals surface area contributed by atoms with Crippen molar-refractivity contribution in [1.29, 1.82) is 0 Å². The van der Waals surface area contributed by atoms with Gasteiger partial charge in [-0.2, -0.15) is 0 Å². The van der Waals surface area contributed by atoms with E-state index in [1.54, 1.807) is 7.11 Å². The van der Waals surface area contributed by atoms with E-state index in [-0.39, 0.29) is 18.0 Å². The lowest BCUT2D eigenvalue weighted by molar-refractivity contribution is -0.116. The van der Waals surface area contributed by atoms with Gasteiger partial charge in [-0.15, -0.1) is 0 Å². The maximum absolute atomic E-state index is 13.0. The summed E-state index contributed by atoms with van der Waals surface area (Å²) in [7, 11) is 1.58. The summed E-state index contributed by atoms with van der Waals surface area (Å²) in [5.74, 6) is -0.991. The van der Waals surface area contributed by atoms with Gasteiger partial charge in [-0.1, -0.05) is 12.1 Å². The molecule has 3 nitrogen and oxygen atoms in total. The van der Waals surface area contributed by atoms with Crippen LogP contribution in [0.1, 0.15) is 12.0 Å². The summed E-state index contributed by atoms with van der Waals surface area (Å²) in [6, 6.07) is 10.3. The van der Waals surface area contributed by atoms with E-state index < -0.39 is 11.6 Å². The third-order valence-corrected chi connectivity index (χ3v) is 2.95. The van der Waals surface area contributed by atoms with Gasteiger partial charge < -0.3 is 10.1 Å². The highest BCUT2D eigenvalue weighted by atomic mass is 19.1. The Morgan fingerprint density at radius 2 is 1.71 bits per heavy atom. The topological polar surface area (TPSA) is 38.3 Å². The molecule has 5 heteroatoms. The van der Waals surface area contributed by atoms with Crippen molar-refractivity contribution in [2.75, 3.05) is 12.4 Å². The van der Waals surface area contributed by atoms with Gasteiger partial charge in [-0.25, -0.2) is 8.78 Å². The molecular formula is C16H15F2NO2. The predicted molar refractivity (Wildman–Crippen MR) is 76.3 cm³/mol. The minimum Gasteiger partial charge on any atom is -0.497 e. The molecular weight excluding hydrogens is 276 g/mol. The molecule has 0 spiro atoms. The van der Waals surface area contributed by atoms with Crippen LogP contribution in [0.4, 0.5) is 14.5 Å². The first-order chi connectivity index (χ1) is 10.1. The molecule has 2 aromatic rings. The van der Waals surface area contributed by atoms with Crippen LogP contribution in [0.15, 0.2) is 42.5 Å². The van der Waals surface area contributed by atoms with Crippen molar-refractivity contribution in [3.8, 4) is 5.75 Å². The van der Waals surface area contributed by atoms with E-state index in [0.717, 1.165) is 29.5 Å². The van der Waals surface area contributed by atoms with Gasteiger partial charge in [-0.05, 0) is 36.2 Å². The number of benzene rings is 2. The van der Waals surface area contributed by atoms with Crippen LogP contribution in [0.3, 0.4) is 0 Å². The van der Waals surface area contributed by atoms with Gasteiger partial charge in [0.2, 0.25) is 5.91 Å². The maximum atomic E-state index is 13.0. The molecule has 21 heavy (non-hydrogen) atoms. The third-order valence-electron chi connectivity index (χ3n) is 2.95. The minimum absolute atomic E-state index is 0.118. The number of hydrogen-bond acceptors (Lipinski definition) is 2. The van der Waals surface area contributed by atoms with Gasteiger partial charge in [0, 0.05) is 18.2 Å². The van der Waals surface area contributed by atoms with Gasteiger partial charge >= 0.3 is 0 Å². The van der Waals surface area contributed by atoms with Crippen molar-refractivity contribution in [2.24, 2.45) is 0 Å². The van der Waals surface area contributed by atoms with E-state index in [1.807, 2.05) is 24.3 Å². The Kier molecular flexibility index (Phi) is 4.87. The highest BCUT2D eigenvalue weighted by Crippen LogP contribution is 2.15. The van der Waals surface area contributed by atoms with Crippen LogP contribution in [0.2, 0.25) is 0 Å². The molecule has 0 radical (unpaired) electrons. The first-order valence-electron chi connectivity index (χ1n) is 6.45. The Bertz CT molecular complexity index is 606. The SMILES string of the molecule is COc1ccc(CCC(=O)Nc2cc(F)cc(F)c2)cc1. The number of anilines is 1. The van der Waals surface area contributed by atoms with Gasteiger partial charge in [0.15, 0.2) is 0 Å². The molecule has 0 aliphatic rings. The fourth-order valence-corrected chi connectivity index (χ4v) is 1.90. The normalized spacial score (nSPS) is 10.2. The van der Waals surface area contributed by atoms with Crippen molar-refractivity contribution < 1.29 is 18.3 Å². The number of rotatable bonds is 5. The zero-order valence-corrected chi connectivity index (χ0v) is 11.5. The lowest BCUT2D eigenvalue weighted by Crippen LogP contribution is -2.12. The second kappa shape index (κ2) is 6.83. The zero-order chi connectivity index (χ0) is 15.2. The largest absolute Gasteiger partial charge is 0.497 e. The van der Waals surface area contributed by atoms with Crippen LogP contribution in [-0.2, 0) is 11.2 Å². The number of carbonyl (C=O) groups excluding carboxylic acids is 1. The lowest BCUT2D eigenvalue weighted by atomic mass is 10.1. The number of carbonyl (C=O) groups is 1. The summed E-state index contributed by atoms with van der Waals surface area (Å²) in [6.45, 7) is 0. The Balaban J connectivity index is 1.89. The molecule has 0 aliphatic heterocycles. The highest BCUT2D eigenvalue weighted by molar-refractivity contribution is 5.90. The summed E-state index contributed by atoms with van der Waals surface area (Å²) in [6.07, 6.45) is 0.762. The number of halogens is 2. The Hall–Kier alpha value is -2.43. The average Bonchev–Trinajstić information content (AvgIpc) is 2.44. The Labute approximate surface area is 121 Å². The summed E-state index contributed by atoms with van der Waals surface area (Å²) in [4.78, 5) is 11.8. The molecule has 2 rings (SSSR count). The first kappa shape index (κ1) is 15.0. The summed E-state index contributed by atoms with van der Waals surface area (Å²) in [5, 5.41) is 2.47. The van der Waals surface area contributed by atoms with Crippen LogP contribution in [-0.4, -0.2) is 13.0 Å². The third kappa shape index (κ3) is 4.56. The van der Waals surface area contributed by atoms with Crippen LogP contribution >= 0.6 is 0 Å². The summed E-state index contributed by atoms with van der Waals surface area (Å²) in [5.41, 5.74) is 1.10. The fraction of sp³-hybridized carbons (Fsp3) is 0.188. The van der Waals surface area contributed by atoms with Gasteiger partial charge in [0.25, 0.3) is 0 Å².